The van der Waals surface area contributed by atoms with Crippen LogP contribution in [0, 0.1) is 5.82 Å². The SMILES string of the molecule is C=CC[Si](C)(C)c1cccc(F)c1. The number of hydrogen-bond acceptors (Lipinski definition) is 0. The van der Waals surface area contributed by atoms with Gasteiger partial charge in [0, 0.05) is 0 Å². The molecule has 0 nitrogen and oxygen atoms in total. The fraction of sp³-hybridized carbons (Fsp3) is 0.273. The van der Waals surface area contributed by atoms with Crippen LogP contribution >= 0.6 is 0 Å². The Morgan fingerprint density at radius 2 is 2.15 bits per heavy atom. The van der Waals surface area contributed by atoms with Crippen LogP contribution in [0.15, 0.2) is 36.9 Å². The van der Waals surface area contributed by atoms with E-state index in [1.165, 1.54) is 6.07 Å². The lowest BCUT2D eigenvalue weighted by Crippen LogP contribution is -2.40. The second-order valence-electron chi connectivity index (χ2n) is 3.89. The molecule has 0 aliphatic heterocycles. The highest BCUT2D eigenvalue weighted by molar-refractivity contribution is 6.90. The number of hydrogen-bond donors (Lipinski definition) is 0. The van der Waals surface area contributed by atoms with Crippen LogP contribution in [0.2, 0.25) is 19.1 Å². The molecule has 0 radical (unpaired) electrons. The number of rotatable bonds is 3. The first-order valence-electron chi connectivity index (χ1n) is 4.43. The van der Waals surface area contributed by atoms with Gasteiger partial charge in [-0.25, -0.2) is 4.39 Å². The summed E-state index contributed by atoms with van der Waals surface area (Å²) < 4.78 is 12.9. The lowest BCUT2D eigenvalue weighted by Gasteiger charge is -2.20. The number of halogens is 1. The molecule has 1 aromatic rings. The summed E-state index contributed by atoms with van der Waals surface area (Å²) >= 11 is 0. The summed E-state index contributed by atoms with van der Waals surface area (Å²) in [5, 5.41) is 1.16. The second kappa shape index (κ2) is 3.88. The van der Waals surface area contributed by atoms with Gasteiger partial charge in [0.05, 0.1) is 8.07 Å². The van der Waals surface area contributed by atoms with Gasteiger partial charge < -0.3 is 0 Å². The molecule has 0 amide bonds. The van der Waals surface area contributed by atoms with Crippen molar-refractivity contribution in [1.29, 1.82) is 0 Å². The zero-order valence-electron chi connectivity index (χ0n) is 8.18. The zero-order chi connectivity index (χ0) is 9.90. The van der Waals surface area contributed by atoms with Crippen molar-refractivity contribution in [3.8, 4) is 0 Å². The Bertz CT molecular complexity index is 305. The van der Waals surface area contributed by atoms with Crippen LogP contribution in [-0.2, 0) is 0 Å². The van der Waals surface area contributed by atoms with Crippen molar-refractivity contribution in [2.45, 2.75) is 19.1 Å². The molecule has 2 heteroatoms. The maximum atomic E-state index is 12.9. The van der Waals surface area contributed by atoms with Crippen LogP contribution in [-0.4, -0.2) is 8.07 Å². The highest BCUT2D eigenvalue weighted by Crippen LogP contribution is 2.10. The van der Waals surface area contributed by atoms with E-state index in [1.54, 1.807) is 12.1 Å². The fourth-order valence-corrected chi connectivity index (χ4v) is 3.42. The average Bonchev–Trinajstić information content (AvgIpc) is 2.04. The zero-order valence-corrected chi connectivity index (χ0v) is 9.18. The summed E-state index contributed by atoms with van der Waals surface area (Å²) in [6.07, 6.45) is 1.93. The van der Waals surface area contributed by atoms with E-state index in [-0.39, 0.29) is 5.82 Å². The Balaban J connectivity index is 2.99. The van der Waals surface area contributed by atoms with Gasteiger partial charge in [-0.2, -0.15) is 0 Å². The molecule has 0 fully saturated rings. The summed E-state index contributed by atoms with van der Waals surface area (Å²) in [5.74, 6) is -0.137. The average molecular weight is 194 g/mol. The van der Waals surface area contributed by atoms with Crippen molar-refractivity contribution in [2.75, 3.05) is 0 Å². The van der Waals surface area contributed by atoms with Gasteiger partial charge in [0.2, 0.25) is 0 Å². The predicted molar refractivity (Wildman–Crippen MR) is 58.5 cm³/mol. The second-order valence-corrected chi connectivity index (χ2v) is 8.64. The molecule has 70 valence electrons. The molecule has 0 N–H and O–H groups in total. The molecule has 0 aromatic heterocycles. The van der Waals surface area contributed by atoms with Gasteiger partial charge in [0.15, 0.2) is 0 Å². The molecular formula is C11H15FSi. The van der Waals surface area contributed by atoms with Gasteiger partial charge in [-0.15, -0.1) is 6.58 Å². The number of allylic oxidation sites excluding steroid dienone is 1. The maximum absolute atomic E-state index is 12.9. The molecule has 0 saturated carbocycles. The van der Waals surface area contributed by atoms with Gasteiger partial charge >= 0.3 is 0 Å². The van der Waals surface area contributed by atoms with E-state index in [4.69, 9.17) is 0 Å². The van der Waals surface area contributed by atoms with E-state index in [9.17, 15) is 4.39 Å². The molecule has 0 atom stereocenters. The van der Waals surface area contributed by atoms with E-state index in [1.807, 2.05) is 12.1 Å². The van der Waals surface area contributed by atoms with E-state index in [2.05, 4.69) is 19.7 Å². The lowest BCUT2D eigenvalue weighted by molar-refractivity contribution is 0.629. The molecule has 13 heavy (non-hydrogen) atoms. The van der Waals surface area contributed by atoms with Crippen molar-refractivity contribution in [3.63, 3.8) is 0 Å². The molecule has 0 aliphatic carbocycles. The fourth-order valence-electron chi connectivity index (χ4n) is 1.39. The Morgan fingerprint density at radius 1 is 1.46 bits per heavy atom. The van der Waals surface area contributed by atoms with Gasteiger partial charge in [-0.3, -0.25) is 0 Å². The van der Waals surface area contributed by atoms with Crippen molar-refractivity contribution in [1.82, 2.24) is 0 Å². The topological polar surface area (TPSA) is 0 Å². The van der Waals surface area contributed by atoms with Gasteiger partial charge in [0.1, 0.15) is 5.82 Å². The summed E-state index contributed by atoms with van der Waals surface area (Å²) in [5.41, 5.74) is 0. The van der Waals surface area contributed by atoms with Crippen molar-refractivity contribution >= 4 is 13.3 Å². The molecule has 0 heterocycles. The van der Waals surface area contributed by atoms with Gasteiger partial charge in [-0.05, 0) is 18.2 Å². The Hall–Kier alpha value is -0.893. The molecule has 1 rings (SSSR count). The van der Waals surface area contributed by atoms with Crippen LogP contribution in [0.3, 0.4) is 0 Å². The molecule has 1 aromatic carbocycles. The van der Waals surface area contributed by atoms with E-state index in [0.29, 0.717) is 0 Å². The molecule has 0 bridgehead atoms. The van der Waals surface area contributed by atoms with Crippen LogP contribution in [0.1, 0.15) is 0 Å². The minimum atomic E-state index is -1.47. The third kappa shape index (κ3) is 2.52. The Kier molecular flexibility index (Phi) is 3.04. The van der Waals surface area contributed by atoms with Crippen molar-refractivity contribution in [3.05, 3.63) is 42.7 Å². The largest absolute Gasteiger partial charge is 0.207 e. The normalized spacial score (nSPS) is 11.3. The van der Waals surface area contributed by atoms with Crippen molar-refractivity contribution < 1.29 is 4.39 Å². The maximum Gasteiger partial charge on any atom is 0.123 e. The van der Waals surface area contributed by atoms with Crippen LogP contribution < -0.4 is 5.19 Å². The summed E-state index contributed by atoms with van der Waals surface area (Å²) in [6, 6.07) is 7.93. The minimum absolute atomic E-state index is 0.137. The minimum Gasteiger partial charge on any atom is -0.207 e. The van der Waals surface area contributed by atoms with Crippen LogP contribution in [0.4, 0.5) is 4.39 Å². The molecule has 0 saturated heterocycles. The van der Waals surface area contributed by atoms with Gasteiger partial charge in [0.25, 0.3) is 0 Å². The third-order valence-corrected chi connectivity index (χ3v) is 5.44. The van der Waals surface area contributed by atoms with Crippen LogP contribution in [0.25, 0.3) is 0 Å². The summed E-state index contributed by atoms with van der Waals surface area (Å²) in [4.78, 5) is 0. The first-order chi connectivity index (χ1) is 6.06. The van der Waals surface area contributed by atoms with E-state index in [0.717, 1.165) is 11.2 Å². The summed E-state index contributed by atoms with van der Waals surface area (Å²) in [7, 11) is -1.47. The van der Waals surface area contributed by atoms with E-state index >= 15 is 0 Å². The lowest BCUT2D eigenvalue weighted by atomic mass is 10.3. The quantitative estimate of drug-likeness (QED) is 0.512. The van der Waals surface area contributed by atoms with Crippen molar-refractivity contribution in [2.24, 2.45) is 0 Å². The first kappa shape index (κ1) is 10.2. The first-order valence-corrected chi connectivity index (χ1v) is 7.64. The smallest absolute Gasteiger partial charge is 0.123 e. The Labute approximate surface area is 80.1 Å². The highest BCUT2D eigenvalue weighted by atomic mass is 28.3. The number of benzene rings is 1. The van der Waals surface area contributed by atoms with E-state index < -0.39 is 8.07 Å². The molecular weight excluding hydrogens is 179 g/mol. The highest BCUT2D eigenvalue weighted by Gasteiger charge is 2.21. The van der Waals surface area contributed by atoms with Gasteiger partial charge in [-0.1, -0.05) is 36.5 Å². The standard InChI is InChI=1S/C11H15FSi/c1-4-8-13(2,3)11-7-5-6-10(12)9-11/h4-7,9H,1,8H2,2-3H3. The van der Waals surface area contributed by atoms with Crippen LogP contribution in [0.5, 0.6) is 0 Å². The molecule has 0 unspecified atom stereocenters. The molecule has 0 spiro atoms. The molecule has 0 aliphatic rings. The third-order valence-electron chi connectivity index (χ3n) is 2.26. The Morgan fingerprint density at radius 3 is 2.69 bits per heavy atom. The predicted octanol–water partition coefficient (Wildman–Crippen LogP) is 2.93. The monoisotopic (exact) mass is 194 g/mol. The summed E-state index contributed by atoms with van der Waals surface area (Å²) in [6.45, 7) is 8.19.